The molecule has 1 aromatic carbocycles. The second-order valence-corrected chi connectivity index (χ2v) is 4.29. The normalized spacial score (nSPS) is 12.4. The summed E-state index contributed by atoms with van der Waals surface area (Å²) in [4.78, 5) is 0. The molecule has 0 bridgehead atoms. The molecule has 0 saturated heterocycles. The Labute approximate surface area is 99.4 Å². The van der Waals surface area contributed by atoms with Crippen LogP contribution in [0.4, 0.5) is 0 Å². The van der Waals surface area contributed by atoms with E-state index in [1.165, 1.54) is 30.4 Å². The molecule has 0 heterocycles. The van der Waals surface area contributed by atoms with Crippen LogP contribution in [-0.4, -0.2) is 6.54 Å². The van der Waals surface area contributed by atoms with Gasteiger partial charge in [-0.3, -0.25) is 0 Å². The van der Waals surface area contributed by atoms with Gasteiger partial charge in [-0.15, -0.1) is 0 Å². The van der Waals surface area contributed by atoms with Crippen molar-refractivity contribution in [2.24, 2.45) is 5.73 Å². The highest BCUT2D eigenvalue weighted by atomic mass is 14.5. The SMILES string of the molecule is C=Cc1ccc(C(CCC)CCCN)cc1. The van der Waals surface area contributed by atoms with Gasteiger partial charge in [-0.2, -0.15) is 0 Å². The van der Waals surface area contributed by atoms with Crippen LogP contribution in [-0.2, 0) is 0 Å². The molecule has 0 aliphatic rings. The first-order valence-corrected chi connectivity index (χ1v) is 6.24. The summed E-state index contributed by atoms with van der Waals surface area (Å²) in [7, 11) is 0. The number of benzene rings is 1. The van der Waals surface area contributed by atoms with E-state index in [0.717, 1.165) is 13.0 Å². The molecule has 1 atom stereocenters. The third-order valence-electron chi connectivity index (χ3n) is 3.04. The van der Waals surface area contributed by atoms with Crippen molar-refractivity contribution < 1.29 is 0 Å². The summed E-state index contributed by atoms with van der Waals surface area (Å²) in [6.45, 7) is 6.82. The van der Waals surface area contributed by atoms with Gasteiger partial charge in [0.25, 0.3) is 0 Å². The van der Waals surface area contributed by atoms with E-state index in [9.17, 15) is 0 Å². The quantitative estimate of drug-likeness (QED) is 0.735. The van der Waals surface area contributed by atoms with E-state index in [0.29, 0.717) is 5.92 Å². The van der Waals surface area contributed by atoms with Gasteiger partial charge in [0.05, 0.1) is 0 Å². The maximum Gasteiger partial charge on any atom is -0.00771 e. The summed E-state index contributed by atoms with van der Waals surface area (Å²) in [5.41, 5.74) is 8.22. The van der Waals surface area contributed by atoms with Crippen LogP contribution >= 0.6 is 0 Å². The van der Waals surface area contributed by atoms with Crippen LogP contribution in [0.3, 0.4) is 0 Å². The zero-order valence-electron chi connectivity index (χ0n) is 10.3. The van der Waals surface area contributed by atoms with E-state index in [-0.39, 0.29) is 0 Å². The molecule has 0 aromatic heterocycles. The summed E-state index contributed by atoms with van der Waals surface area (Å²) in [6.07, 6.45) is 6.70. The van der Waals surface area contributed by atoms with Gasteiger partial charge in [0.2, 0.25) is 0 Å². The van der Waals surface area contributed by atoms with Gasteiger partial charge in [0.15, 0.2) is 0 Å². The van der Waals surface area contributed by atoms with E-state index >= 15 is 0 Å². The number of hydrogen-bond donors (Lipinski definition) is 1. The molecule has 88 valence electrons. The van der Waals surface area contributed by atoms with Gasteiger partial charge in [0, 0.05) is 0 Å². The van der Waals surface area contributed by atoms with E-state index in [2.05, 4.69) is 37.8 Å². The lowest BCUT2D eigenvalue weighted by atomic mass is 9.90. The molecule has 1 rings (SSSR count). The monoisotopic (exact) mass is 217 g/mol. The van der Waals surface area contributed by atoms with E-state index in [1.807, 2.05) is 6.08 Å². The highest BCUT2D eigenvalue weighted by molar-refractivity contribution is 5.47. The Morgan fingerprint density at radius 1 is 1.25 bits per heavy atom. The van der Waals surface area contributed by atoms with Gasteiger partial charge >= 0.3 is 0 Å². The third-order valence-corrected chi connectivity index (χ3v) is 3.04. The van der Waals surface area contributed by atoms with Crippen LogP contribution in [0.15, 0.2) is 30.8 Å². The second kappa shape index (κ2) is 7.24. The fourth-order valence-corrected chi connectivity index (χ4v) is 2.09. The van der Waals surface area contributed by atoms with Gasteiger partial charge in [-0.05, 0) is 42.9 Å². The summed E-state index contributed by atoms with van der Waals surface area (Å²) in [5.74, 6) is 0.674. The Morgan fingerprint density at radius 2 is 1.94 bits per heavy atom. The van der Waals surface area contributed by atoms with Crippen molar-refractivity contribution in [2.75, 3.05) is 6.54 Å². The van der Waals surface area contributed by atoms with Crippen molar-refractivity contribution in [3.63, 3.8) is 0 Å². The molecule has 0 fully saturated rings. The molecule has 0 radical (unpaired) electrons. The molecular weight excluding hydrogens is 194 g/mol. The van der Waals surface area contributed by atoms with Crippen molar-refractivity contribution >= 4 is 6.08 Å². The number of nitrogens with two attached hydrogens (primary N) is 1. The van der Waals surface area contributed by atoms with Crippen LogP contribution in [0.5, 0.6) is 0 Å². The van der Waals surface area contributed by atoms with Crippen molar-refractivity contribution in [1.29, 1.82) is 0 Å². The first-order chi connectivity index (χ1) is 7.81. The number of rotatable bonds is 7. The largest absolute Gasteiger partial charge is 0.330 e. The smallest absolute Gasteiger partial charge is 0.00771 e. The Balaban J connectivity index is 2.70. The number of hydrogen-bond acceptors (Lipinski definition) is 1. The maximum atomic E-state index is 5.58. The summed E-state index contributed by atoms with van der Waals surface area (Å²) >= 11 is 0. The molecule has 0 spiro atoms. The van der Waals surface area contributed by atoms with Gasteiger partial charge in [0.1, 0.15) is 0 Å². The molecule has 1 nitrogen and oxygen atoms in total. The molecule has 16 heavy (non-hydrogen) atoms. The van der Waals surface area contributed by atoms with E-state index in [1.54, 1.807) is 0 Å². The Bertz CT molecular complexity index is 300. The van der Waals surface area contributed by atoms with Gasteiger partial charge < -0.3 is 5.73 Å². The molecular formula is C15H23N. The topological polar surface area (TPSA) is 26.0 Å². The minimum Gasteiger partial charge on any atom is -0.330 e. The average molecular weight is 217 g/mol. The highest BCUT2D eigenvalue weighted by Crippen LogP contribution is 2.26. The molecule has 2 N–H and O–H groups in total. The van der Waals surface area contributed by atoms with Crippen molar-refractivity contribution in [1.82, 2.24) is 0 Å². The fourth-order valence-electron chi connectivity index (χ4n) is 2.09. The lowest BCUT2D eigenvalue weighted by molar-refractivity contribution is 0.550. The van der Waals surface area contributed by atoms with E-state index < -0.39 is 0 Å². The molecule has 0 aliphatic carbocycles. The molecule has 0 saturated carbocycles. The zero-order chi connectivity index (χ0) is 11.8. The van der Waals surface area contributed by atoms with Gasteiger partial charge in [-0.1, -0.05) is 50.3 Å². The zero-order valence-corrected chi connectivity index (χ0v) is 10.3. The van der Waals surface area contributed by atoms with Crippen LogP contribution in [0.2, 0.25) is 0 Å². The summed E-state index contributed by atoms with van der Waals surface area (Å²) in [6, 6.07) is 8.75. The molecule has 1 unspecified atom stereocenters. The standard InChI is InChI=1S/C15H23N/c1-3-6-14(7-5-12-16)15-10-8-13(4-2)9-11-15/h4,8-11,14H,2-3,5-7,12,16H2,1H3. The third kappa shape index (κ3) is 3.82. The lowest BCUT2D eigenvalue weighted by Gasteiger charge is -2.16. The minimum atomic E-state index is 0.674. The van der Waals surface area contributed by atoms with Crippen molar-refractivity contribution in [2.45, 2.75) is 38.5 Å². The first kappa shape index (κ1) is 13.0. The molecule has 1 heteroatoms. The van der Waals surface area contributed by atoms with Crippen molar-refractivity contribution in [3.8, 4) is 0 Å². The van der Waals surface area contributed by atoms with E-state index in [4.69, 9.17) is 5.73 Å². The molecule has 1 aromatic rings. The van der Waals surface area contributed by atoms with Crippen LogP contribution < -0.4 is 5.73 Å². The summed E-state index contributed by atoms with van der Waals surface area (Å²) < 4.78 is 0. The predicted molar refractivity (Wildman–Crippen MR) is 72.5 cm³/mol. The average Bonchev–Trinajstić information content (AvgIpc) is 2.35. The highest BCUT2D eigenvalue weighted by Gasteiger charge is 2.09. The molecule has 0 amide bonds. The maximum absolute atomic E-state index is 5.58. The van der Waals surface area contributed by atoms with Crippen LogP contribution in [0.25, 0.3) is 6.08 Å². The van der Waals surface area contributed by atoms with Crippen LogP contribution in [0.1, 0.15) is 49.7 Å². The lowest BCUT2D eigenvalue weighted by Crippen LogP contribution is -2.04. The second-order valence-electron chi connectivity index (χ2n) is 4.29. The predicted octanol–water partition coefficient (Wildman–Crippen LogP) is 3.95. The first-order valence-electron chi connectivity index (χ1n) is 6.24. The van der Waals surface area contributed by atoms with Crippen molar-refractivity contribution in [3.05, 3.63) is 42.0 Å². The molecule has 0 aliphatic heterocycles. The van der Waals surface area contributed by atoms with Crippen LogP contribution in [0, 0.1) is 0 Å². The summed E-state index contributed by atoms with van der Waals surface area (Å²) in [5, 5.41) is 0. The Morgan fingerprint density at radius 3 is 2.44 bits per heavy atom. The Hall–Kier alpha value is -1.08. The minimum absolute atomic E-state index is 0.674. The fraction of sp³-hybridized carbons (Fsp3) is 0.467. The van der Waals surface area contributed by atoms with Gasteiger partial charge in [-0.25, -0.2) is 0 Å². The Kier molecular flexibility index (Phi) is 5.87.